The molecule has 7 aromatic carbocycles. The van der Waals surface area contributed by atoms with Gasteiger partial charge < -0.3 is 4.40 Å². The number of hydrogen-bond donors (Lipinski definition) is 0. The summed E-state index contributed by atoms with van der Waals surface area (Å²) in [5.41, 5.74) is 9.03. The zero-order valence-corrected chi connectivity index (χ0v) is 26.9. The summed E-state index contributed by atoms with van der Waals surface area (Å²) in [6.07, 6.45) is 0. The molecule has 0 bridgehead atoms. The van der Waals surface area contributed by atoms with Crippen LogP contribution in [0.1, 0.15) is 0 Å². The summed E-state index contributed by atoms with van der Waals surface area (Å²) in [6.45, 7) is 0. The molecular formula is C47H27N3. The maximum absolute atomic E-state index is 5.72. The predicted octanol–water partition coefficient (Wildman–Crippen LogP) is 12.5. The van der Waals surface area contributed by atoms with Gasteiger partial charge in [-0.25, -0.2) is 4.98 Å². The van der Waals surface area contributed by atoms with Crippen molar-refractivity contribution >= 4 is 97.9 Å². The second-order valence-electron chi connectivity index (χ2n) is 13.5. The van der Waals surface area contributed by atoms with Gasteiger partial charge in [-0.15, -0.1) is 0 Å². The number of pyridine rings is 3. The molecule has 0 saturated carbocycles. The molecule has 0 aliphatic rings. The minimum Gasteiger partial charge on any atom is -0.308 e. The van der Waals surface area contributed by atoms with E-state index in [1.165, 1.54) is 86.8 Å². The zero-order chi connectivity index (χ0) is 32.5. The monoisotopic (exact) mass is 633 g/mol. The fourth-order valence-electron chi connectivity index (χ4n) is 8.95. The summed E-state index contributed by atoms with van der Waals surface area (Å²) in [6, 6.07) is 59.9. The first-order valence-corrected chi connectivity index (χ1v) is 17.2. The lowest BCUT2D eigenvalue weighted by molar-refractivity contribution is 1.25. The normalized spacial score (nSPS) is 12.4. The summed E-state index contributed by atoms with van der Waals surface area (Å²) in [4.78, 5) is 5.72. The summed E-state index contributed by atoms with van der Waals surface area (Å²) < 4.78 is 4.85. The lowest BCUT2D eigenvalue weighted by Gasteiger charge is -2.15. The van der Waals surface area contributed by atoms with Gasteiger partial charge in [-0.05, 0) is 57.9 Å². The Morgan fingerprint density at radius 1 is 0.340 bits per heavy atom. The lowest BCUT2D eigenvalue weighted by atomic mass is 9.96. The summed E-state index contributed by atoms with van der Waals surface area (Å²) in [5, 5.41) is 14.8. The van der Waals surface area contributed by atoms with Crippen molar-refractivity contribution < 1.29 is 0 Å². The minimum atomic E-state index is 0.972. The van der Waals surface area contributed by atoms with Crippen LogP contribution in [-0.2, 0) is 0 Å². The molecule has 5 aromatic heterocycles. The van der Waals surface area contributed by atoms with Crippen molar-refractivity contribution in [3.05, 3.63) is 164 Å². The zero-order valence-electron chi connectivity index (χ0n) is 26.9. The number of hydrogen-bond acceptors (Lipinski definition) is 1. The van der Waals surface area contributed by atoms with E-state index in [1.54, 1.807) is 0 Å². The molecule has 0 saturated heterocycles. The highest BCUT2D eigenvalue weighted by Gasteiger charge is 2.22. The Bertz CT molecular complexity index is 3440. The van der Waals surface area contributed by atoms with Crippen LogP contribution in [0.4, 0.5) is 0 Å². The molecule has 0 unspecified atom stereocenters. The first-order valence-electron chi connectivity index (χ1n) is 17.2. The Balaban J connectivity index is 1.32. The van der Waals surface area contributed by atoms with Crippen LogP contribution in [0, 0.1) is 0 Å². The van der Waals surface area contributed by atoms with E-state index >= 15 is 0 Å². The fraction of sp³-hybridized carbons (Fsp3) is 0. The van der Waals surface area contributed by atoms with E-state index in [9.17, 15) is 0 Å². The van der Waals surface area contributed by atoms with Crippen molar-refractivity contribution in [1.82, 2.24) is 13.8 Å². The van der Waals surface area contributed by atoms with Crippen molar-refractivity contribution in [2.24, 2.45) is 0 Å². The minimum absolute atomic E-state index is 0.972. The molecule has 3 heteroatoms. The summed E-state index contributed by atoms with van der Waals surface area (Å²) >= 11 is 0. The fourth-order valence-corrected chi connectivity index (χ4v) is 8.95. The molecule has 5 heterocycles. The maximum atomic E-state index is 5.72. The van der Waals surface area contributed by atoms with E-state index < -0.39 is 0 Å². The molecule has 3 nitrogen and oxygen atoms in total. The lowest BCUT2D eigenvalue weighted by Crippen LogP contribution is -1.97. The second kappa shape index (κ2) is 9.46. The van der Waals surface area contributed by atoms with E-state index in [1.807, 2.05) is 0 Å². The largest absolute Gasteiger partial charge is 0.308 e. The Morgan fingerprint density at radius 3 is 1.60 bits per heavy atom. The van der Waals surface area contributed by atoms with Crippen LogP contribution in [-0.4, -0.2) is 13.8 Å². The van der Waals surface area contributed by atoms with Gasteiger partial charge in [0.2, 0.25) is 0 Å². The van der Waals surface area contributed by atoms with E-state index in [2.05, 4.69) is 173 Å². The molecule has 0 N–H and O–H groups in total. The first kappa shape index (κ1) is 26.3. The van der Waals surface area contributed by atoms with Crippen LogP contribution in [0.25, 0.3) is 109 Å². The number of nitrogens with zero attached hydrogens (tertiary/aromatic N) is 3. The average molecular weight is 634 g/mol. The van der Waals surface area contributed by atoms with Crippen LogP contribution in [0.2, 0.25) is 0 Å². The van der Waals surface area contributed by atoms with Crippen molar-refractivity contribution in [3.8, 4) is 11.3 Å². The van der Waals surface area contributed by atoms with Crippen LogP contribution in [0.15, 0.2) is 164 Å². The number of fused-ring (bicyclic) bond motifs is 20. The van der Waals surface area contributed by atoms with Gasteiger partial charge >= 0.3 is 0 Å². The summed E-state index contributed by atoms with van der Waals surface area (Å²) in [7, 11) is 0. The number of aromatic nitrogens is 3. The quantitative estimate of drug-likeness (QED) is 0.165. The van der Waals surface area contributed by atoms with E-state index in [0.717, 1.165) is 22.3 Å². The van der Waals surface area contributed by atoms with Crippen molar-refractivity contribution in [1.29, 1.82) is 0 Å². The highest BCUT2D eigenvalue weighted by molar-refractivity contribution is 6.29. The van der Waals surface area contributed by atoms with Crippen molar-refractivity contribution in [3.63, 3.8) is 0 Å². The number of para-hydroxylation sites is 3. The molecule has 0 atom stereocenters. The number of benzene rings is 7. The predicted molar refractivity (Wildman–Crippen MR) is 212 cm³/mol. The van der Waals surface area contributed by atoms with Gasteiger partial charge in [-0.3, -0.25) is 4.40 Å². The molecular weight excluding hydrogens is 607 g/mol. The first-order chi connectivity index (χ1) is 24.8. The topological polar surface area (TPSA) is 21.7 Å². The molecule has 50 heavy (non-hydrogen) atoms. The molecule has 230 valence electrons. The highest BCUT2D eigenvalue weighted by atomic mass is 15.0. The third-order valence-corrected chi connectivity index (χ3v) is 11.0. The molecule has 0 radical (unpaired) electrons. The van der Waals surface area contributed by atoms with Gasteiger partial charge in [0.15, 0.2) is 0 Å². The van der Waals surface area contributed by atoms with Gasteiger partial charge in [-0.1, -0.05) is 127 Å². The Kier molecular flexibility index (Phi) is 4.97. The van der Waals surface area contributed by atoms with Crippen LogP contribution < -0.4 is 0 Å². The van der Waals surface area contributed by atoms with Crippen LogP contribution in [0.5, 0.6) is 0 Å². The smallest absolute Gasteiger partial charge is 0.146 e. The van der Waals surface area contributed by atoms with Gasteiger partial charge in [0.1, 0.15) is 5.65 Å². The highest BCUT2D eigenvalue weighted by Crippen LogP contribution is 2.45. The standard InChI is InChI=1S/C47H27N3/c1-4-14-31-29(12-1)22-24-36-43(31)33-16-6-9-19-40(33)49-41-20-10-7-17-34(41)45(46(36)49)38-26-25-37-44-32-15-5-2-11-28(32)21-23-35(44)42-27-30-13-3-8-18-39(30)50(42)47(37)48-38/h1-27H. The Labute approximate surface area is 285 Å². The van der Waals surface area contributed by atoms with Gasteiger partial charge in [0.05, 0.1) is 33.3 Å². The van der Waals surface area contributed by atoms with Crippen molar-refractivity contribution in [2.75, 3.05) is 0 Å². The Morgan fingerprint density at radius 2 is 0.860 bits per heavy atom. The molecule has 12 aromatic rings. The maximum Gasteiger partial charge on any atom is 0.146 e. The van der Waals surface area contributed by atoms with E-state index in [-0.39, 0.29) is 0 Å². The molecule has 12 rings (SSSR count). The molecule has 0 spiro atoms. The third-order valence-electron chi connectivity index (χ3n) is 11.0. The molecule has 0 aliphatic carbocycles. The Hall–Kier alpha value is -6.71. The number of rotatable bonds is 1. The van der Waals surface area contributed by atoms with Crippen LogP contribution in [0.3, 0.4) is 0 Å². The van der Waals surface area contributed by atoms with E-state index in [0.29, 0.717) is 0 Å². The SMILES string of the molecule is c1ccc2c(c1)ccc1c2c2ccc(-c3c4ccccc4n4c5ccccc5c5c6ccccc6ccc5c34)nc2n2c3ccccc3cc12. The molecule has 0 amide bonds. The van der Waals surface area contributed by atoms with Gasteiger partial charge in [-0.2, -0.15) is 0 Å². The van der Waals surface area contributed by atoms with Crippen molar-refractivity contribution in [2.45, 2.75) is 0 Å². The third kappa shape index (κ3) is 3.26. The van der Waals surface area contributed by atoms with Gasteiger partial charge in [0, 0.05) is 48.7 Å². The molecule has 0 fully saturated rings. The molecule has 0 aliphatic heterocycles. The average Bonchev–Trinajstić information content (AvgIpc) is 3.75. The van der Waals surface area contributed by atoms with Crippen LogP contribution >= 0.6 is 0 Å². The van der Waals surface area contributed by atoms with E-state index in [4.69, 9.17) is 4.98 Å². The second-order valence-corrected chi connectivity index (χ2v) is 13.5. The van der Waals surface area contributed by atoms with Gasteiger partial charge in [0.25, 0.3) is 0 Å². The summed E-state index contributed by atoms with van der Waals surface area (Å²) in [5.74, 6) is 0.